The SMILES string of the molecule is Nc1c(Br)cc([N+](=O)[O-])cc1Br.O. The summed E-state index contributed by atoms with van der Waals surface area (Å²) in [7, 11) is 0. The van der Waals surface area contributed by atoms with E-state index < -0.39 is 4.92 Å². The molecule has 0 aliphatic rings. The Labute approximate surface area is 90.6 Å². The maximum Gasteiger partial charge on any atom is 0.271 e. The van der Waals surface area contributed by atoms with Crippen molar-refractivity contribution in [3.8, 4) is 0 Å². The lowest BCUT2D eigenvalue weighted by molar-refractivity contribution is -0.385. The number of non-ortho nitro benzene ring substituents is 1. The lowest BCUT2D eigenvalue weighted by Crippen LogP contribution is -1.92. The second-order valence-electron chi connectivity index (χ2n) is 2.08. The average Bonchev–Trinajstić information content (AvgIpc) is 1.99. The van der Waals surface area contributed by atoms with Crippen LogP contribution in [-0.4, -0.2) is 10.4 Å². The minimum Gasteiger partial charge on any atom is -0.412 e. The molecule has 1 rings (SSSR count). The first-order valence-corrected chi connectivity index (χ1v) is 4.50. The van der Waals surface area contributed by atoms with Crippen molar-refractivity contribution in [1.29, 1.82) is 0 Å². The minimum absolute atomic E-state index is 0. The number of hydrogen-bond acceptors (Lipinski definition) is 3. The molecule has 72 valence electrons. The average molecular weight is 314 g/mol. The molecule has 0 saturated heterocycles. The van der Waals surface area contributed by atoms with Crippen LogP contribution in [0.15, 0.2) is 21.1 Å². The third kappa shape index (κ3) is 2.64. The van der Waals surface area contributed by atoms with Crippen molar-refractivity contribution < 1.29 is 10.4 Å². The van der Waals surface area contributed by atoms with Crippen LogP contribution in [-0.2, 0) is 0 Å². The van der Waals surface area contributed by atoms with Gasteiger partial charge in [-0.2, -0.15) is 0 Å². The highest BCUT2D eigenvalue weighted by molar-refractivity contribution is 9.11. The maximum atomic E-state index is 10.3. The molecule has 0 aromatic heterocycles. The Kier molecular flexibility index (Phi) is 4.31. The smallest absolute Gasteiger partial charge is 0.271 e. The molecule has 0 atom stereocenters. The Morgan fingerprint density at radius 2 is 1.69 bits per heavy atom. The van der Waals surface area contributed by atoms with Gasteiger partial charge in [-0.05, 0) is 31.9 Å². The predicted octanol–water partition coefficient (Wildman–Crippen LogP) is 1.88. The Morgan fingerprint density at radius 1 is 1.31 bits per heavy atom. The number of nitrogens with two attached hydrogens (primary N) is 1. The first-order chi connectivity index (χ1) is 5.52. The van der Waals surface area contributed by atoms with Crippen LogP contribution >= 0.6 is 31.9 Å². The van der Waals surface area contributed by atoms with Gasteiger partial charge in [0.15, 0.2) is 0 Å². The fraction of sp³-hybridized carbons (Fsp3) is 0. The molecule has 0 bridgehead atoms. The predicted molar refractivity (Wildman–Crippen MR) is 56.5 cm³/mol. The summed E-state index contributed by atoms with van der Waals surface area (Å²) in [6.07, 6.45) is 0. The van der Waals surface area contributed by atoms with E-state index in [4.69, 9.17) is 5.73 Å². The number of hydrogen-bond donors (Lipinski definition) is 1. The highest BCUT2D eigenvalue weighted by Crippen LogP contribution is 2.32. The standard InChI is InChI=1S/C6H4Br2N2O2.H2O/c7-4-1-3(10(11)12)2-5(8)6(4)9;/h1-2H,9H2;1H2. The van der Waals surface area contributed by atoms with Crippen molar-refractivity contribution >= 4 is 43.2 Å². The number of halogens is 2. The number of benzene rings is 1. The molecule has 13 heavy (non-hydrogen) atoms. The van der Waals surface area contributed by atoms with Crippen molar-refractivity contribution in [3.63, 3.8) is 0 Å². The molecule has 0 radical (unpaired) electrons. The van der Waals surface area contributed by atoms with Crippen molar-refractivity contribution in [2.45, 2.75) is 0 Å². The molecule has 0 aliphatic carbocycles. The molecule has 4 N–H and O–H groups in total. The number of nitrogens with zero attached hydrogens (tertiary/aromatic N) is 1. The summed E-state index contributed by atoms with van der Waals surface area (Å²) in [6.45, 7) is 0. The molecule has 5 nitrogen and oxygen atoms in total. The van der Waals surface area contributed by atoms with E-state index in [-0.39, 0.29) is 11.2 Å². The minimum atomic E-state index is -0.477. The molecule has 0 saturated carbocycles. The van der Waals surface area contributed by atoms with Gasteiger partial charge in [0.25, 0.3) is 5.69 Å². The largest absolute Gasteiger partial charge is 0.412 e. The third-order valence-electron chi connectivity index (χ3n) is 1.27. The first-order valence-electron chi connectivity index (χ1n) is 2.91. The molecule has 1 aromatic carbocycles. The first kappa shape index (κ1) is 12.3. The molecular formula is C6H6Br2N2O3. The van der Waals surface area contributed by atoms with E-state index in [9.17, 15) is 10.1 Å². The third-order valence-corrected chi connectivity index (χ3v) is 2.59. The van der Waals surface area contributed by atoms with Gasteiger partial charge in [0.1, 0.15) is 0 Å². The van der Waals surface area contributed by atoms with Gasteiger partial charge in [0.2, 0.25) is 0 Å². The molecule has 0 aliphatic heterocycles. The second-order valence-corrected chi connectivity index (χ2v) is 3.79. The van der Waals surface area contributed by atoms with Crippen LogP contribution < -0.4 is 5.73 Å². The second kappa shape index (κ2) is 4.54. The fourth-order valence-electron chi connectivity index (χ4n) is 0.676. The lowest BCUT2D eigenvalue weighted by Gasteiger charge is -2.00. The number of anilines is 1. The van der Waals surface area contributed by atoms with Gasteiger partial charge in [-0.1, -0.05) is 0 Å². The molecule has 0 spiro atoms. The summed E-state index contributed by atoms with van der Waals surface area (Å²) in [5.74, 6) is 0. The van der Waals surface area contributed by atoms with Gasteiger partial charge in [-0.25, -0.2) is 0 Å². The fourth-order valence-corrected chi connectivity index (χ4v) is 1.84. The van der Waals surface area contributed by atoms with Crippen LogP contribution in [0.25, 0.3) is 0 Å². The lowest BCUT2D eigenvalue weighted by atomic mass is 10.3. The van der Waals surface area contributed by atoms with Crippen molar-refractivity contribution in [1.82, 2.24) is 0 Å². The topological polar surface area (TPSA) is 101 Å². The van der Waals surface area contributed by atoms with Crippen LogP contribution in [0.1, 0.15) is 0 Å². The van der Waals surface area contributed by atoms with E-state index >= 15 is 0 Å². The molecule has 0 fully saturated rings. The zero-order valence-electron chi connectivity index (χ0n) is 6.25. The number of nitrogen functional groups attached to an aromatic ring is 1. The molecule has 1 aromatic rings. The highest BCUT2D eigenvalue weighted by atomic mass is 79.9. The van der Waals surface area contributed by atoms with Crippen LogP contribution in [0.4, 0.5) is 11.4 Å². The quantitative estimate of drug-likeness (QED) is 0.486. The van der Waals surface area contributed by atoms with E-state index in [1.165, 1.54) is 12.1 Å². The summed E-state index contributed by atoms with van der Waals surface area (Å²) >= 11 is 6.21. The van der Waals surface area contributed by atoms with Crippen molar-refractivity contribution in [2.75, 3.05) is 5.73 Å². The Morgan fingerprint density at radius 3 is 2.00 bits per heavy atom. The molecule has 0 unspecified atom stereocenters. The van der Waals surface area contributed by atoms with Crippen molar-refractivity contribution in [3.05, 3.63) is 31.2 Å². The van der Waals surface area contributed by atoms with Gasteiger partial charge in [0, 0.05) is 21.1 Å². The highest BCUT2D eigenvalue weighted by Gasteiger charge is 2.10. The van der Waals surface area contributed by atoms with Gasteiger partial charge in [-0.15, -0.1) is 0 Å². The summed E-state index contributed by atoms with van der Waals surface area (Å²) < 4.78 is 1.03. The van der Waals surface area contributed by atoms with E-state index in [1.54, 1.807) is 0 Å². The zero-order chi connectivity index (χ0) is 9.30. The maximum absolute atomic E-state index is 10.3. The molecular weight excluding hydrogens is 308 g/mol. The van der Waals surface area contributed by atoms with Gasteiger partial charge < -0.3 is 11.2 Å². The summed E-state index contributed by atoms with van der Waals surface area (Å²) in [4.78, 5) is 9.86. The van der Waals surface area contributed by atoms with Crippen LogP contribution in [0.2, 0.25) is 0 Å². The summed E-state index contributed by atoms with van der Waals surface area (Å²) in [5.41, 5.74) is 6.00. The van der Waals surface area contributed by atoms with Crippen LogP contribution in [0.3, 0.4) is 0 Å². The number of nitro benzene ring substituents is 1. The number of nitro groups is 1. The Balaban J connectivity index is 0.00000144. The number of rotatable bonds is 1. The molecule has 7 heteroatoms. The van der Waals surface area contributed by atoms with E-state index in [0.717, 1.165) is 0 Å². The molecule has 0 heterocycles. The molecule has 0 amide bonds. The summed E-state index contributed by atoms with van der Waals surface area (Å²) in [5, 5.41) is 10.3. The van der Waals surface area contributed by atoms with Crippen molar-refractivity contribution in [2.24, 2.45) is 0 Å². The zero-order valence-corrected chi connectivity index (χ0v) is 9.42. The van der Waals surface area contributed by atoms with Crippen LogP contribution in [0.5, 0.6) is 0 Å². The van der Waals surface area contributed by atoms with Crippen LogP contribution in [0, 0.1) is 10.1 Å². The Hall–Kier alpha value is -0.660. The Bertz CT molecular complexity index is 320. The van der Waals surface area contributed by atoms with E-state index in [2.05, 4.69) is 31.9 Å². The van der Waals surface area contributed by atoms with Gasteiger partial charge in [0.05, 0.1) is 10.6 Å². The van der Waals surface area contributed by atoms with Gasteiger partial charge >= 0.3 is 0 Å². The van der Waals surface area contributed by atoms with E-state index in [1.807, 2.05) is 0 Å². The monoisotopic (exact) mass is 312 g/mol. The van der Waals surface area contributed by atoms with Gasteiger partial charge in [-0.3, -0.25) is 10.1 Å². The summed E-state index contributed by atoms with van der Waals surface area (Å²) in [6, 6.07) is 2.72. The van der Waals surface area contributed by atoms with E-state index in [0.29, 0.717) is 14.6 Å². The normalized spacial score (nSPS) is 9.08.